The van der Waals surface area contributed by atoms with Crippen LogP contribution in [0.1, 0.15) is 23.9 Å². The highest BCUT2D eigenvalue weighted by molar-refractivity contribution is 5.44. The molecule has 0 amide bonds. The van der Waals surface area contributed by atoms with Gasteiger partial charge in [-0.1, -0.05) is 65.9 Å². The standard InChI is InChI=1S/C15H14N4/c1-15(14-16-18-19-17-14,12-8-4-2-5-9-12)13-10-6-3-7-11-13/h2-11H,1H3,(H,16,17,18,19). The van der Waals surface area contributed by atoms with E-state index in [1.807, 2.05) is 36.4 Å². The summed E-state index contributed by atoms with van der Waals surface area (Å²) in [6.07, 6.45) is 0. The summed E-state index contributed by atoms with van der Waals surface area (Å²) in [5.74, 6) is 0.671. The summed E-state index contributed by atoms with van der Waals surface area (Å²) in [5.41, 5.74) is 1.88. The number of rotatable bonds is 3. The second-order valence-electron chi connectivity index (χ2n) is 4.59. The highest BCUT2D eigenvalue weighted by Gasteiger charge is 2.34. The molecule has 0 unspecified atom stereocenters. The summed E-state index contributed by atoms with van der Waals surface area (Å²) in [5, 5.41) is 14.6. The van der Waals surface area contributed by atoms with Gasteiger partial charge in [0.25, 0.3) is 0 Å². The Morgan fingerprint density at radius 1 is 0.842 bits per heavy atom. The van der Waals surface area contributed by atoms with Crippen LogP contribution < -0.4 is 0 Å². The number of tetrazole rings is 1. The zero-order valence-electron chi connectivity index (χ0n) is 10.6. The molecule has 0 aliphatic carbocycles. The van der Waals surface area contributed by atoms with Crippen LogP contribution in [0.2, 0.25) is 0 Å². The van der Waals surface area contributed by atoms with Crippen molar-refractivity contribution in [3.63, 3.8) is 0 Å². The van der Waals surface area contributed by atoms with Crippen LogP contribution in [0.25, 0.3) is 0 Å². The molecule has 2 aromatic carbocycles. The predicted octanol–water partition coefficient (Wildman–Crippen LogP) is 2.55. The first-order valence-corrected chi connectivity index (χ1v) is 6.17. The Hall–Kier alpha value is -2.49. The first kappa shape index (κ1) is 11.6. The fraction of sp³-hybridized carbons (Fsp3) is 0.133. The van der Waals surface area contributed by atoms with Crippen molar-refractivity contribution in [2.45, 2.75) is 12.3 Å². The lowest BCUT2D eigenvalue weighted by Crippen LogP contribution is -2.27. The smallest absolute Gasteiger partial charge is 0.177 e. The maximum Gasteiger partial charge on any atom is 0.189 e. The lowest BCUT2D eigenvalue weighted by molar-refractivity contribution is 0.636. The van der Waals surface area contributed by atoms with Crippen LogP contribution in [0, 0.1) is 0 Å². The molecule has 0 saturated carbocycles. The third-order valence-corrected chi connectivity index (χ3v) is 3.49. The first-order chi connectivity index (χ1) is 9.32. The third-order valence-electron chi connectivity index (χ3n) is 3.49. The van der Waals surface area contributed by atoms with Gasteiger partial charge in [0.2, 0.25) is 0 Å². The van der Waals surface area contributed by atoms with Crippen LogP contribution >= 0.6 is 0 Å². The molecule has 0 spiro atoms. The van der Waals surface area contributed by atoms with E-state index in [-0.39, 0.29) is 0 Å². The molecule has 4 nitrogen and oxygen atoms in total. The molecule has 0 saturated heterocycles. The maximum atomic E-state index is 4.19. The zero-order valence-corrected chi connectivity index (χ0v) is 10.6. The summed E-state index contributed by atoms with van der Waals surface area (Å²) in [6.45, 7) is 2.11. The Bertz CT molecular complexity index is 593. The third kappa shape index (κ3) is 1.91. The van der Waals surface area contributed by atoms with E-state index in [9.17, 15) is 0 Å². The average molecular weight is 250 g/mol. The first-order valence-electron chi connectivity index (χ1n) is 6.17. The predicted molar refractivity (Wildman–Crippen MR) is 72.6 cm³/mol. The fourth-order valence-electron chi connectivity index (χ4n) is 2.34. The Morgan fingerprint density at radius 3 is 1.79 bits per heavy atom. The quantitative estimate of drug-likeness (QED) is 0.777. The minimum absolute atomic E-state index is 0.407. The normalized spacial score (nSPS) is 11.4. The van der Waals surface area contributed by atoms with Gasteiger partial charge in [0.15, 0.2) is 5.82 Å². The van der Waals surface area contributed by atoms with Crippen molar-refractivity contribution in [3.8, 4) is 0 Å². The van der Waals surface area contributed by atoms with Crippen LogP contribution in [-0.2, 0) is 5.41 Å². The van der Waals surface area contributed by atoms with E-state index in [4.69, 9.17) is 0 Å². The minimum atomic E-state index is -0.407. The van der Waals surface area contributed by atoms with Crippen molar-refractivity contribution >= 4 is 0 Å². The molecule has 0 aliphatic heterocycles. The van der Waals surface area contributed by atoms with Gasteiger partial charge in [0, 0.05) is 0 Å². The molecular formula is C15H14N4. The number of hydrogen-bond donors (Lipinski definition) is 1. The molecule has 94 valence electrons. The van der Waals surface area contributed by atoms with E-state index in [0.717, 1.165) is 11.1 Å². The van der Waals surface area contributed by atoms with Gasteiger partial charge in [-0.15, -0.1) is 10.2 Å². The average Bonchev–Trinajstić information content (AvgIpc) is 3.03. The van der Waals surface area contributed by atoms with Crippen molar-refractivity contribution < 1.29 is 0 Å². The van der Waals surface area contributed by atoms with Gasteiger partial charge in [-0.05, 0) is 18.1 Å². The van der Waals surface area contributed by atoms with Gasteiger partial charge in [-0.2, -0.15) is 5.21 Å². The molecule has 0 radical (unpaired) electrons. The molecule has 19 heavy (non-hydrogen) atoms. The molecular weight excluding hydrogens is 236 g/mol. The fourth-order valence-corrected chi connectivity index (χ4v) is 2.34. The highest BCUT2D eigenvalue weighted by Crippen LogP contribution is 2.35. The van der Waals surface area contributed by atoms with Gasteiger partial charge in [0.05, 0.1) is 5.41 Å². The van der Waals surface area contributed by atoms with Crippen molar-refractivity contribution in [3.05, 3.63) is 77.6 Å². The number of H-pyrrole nitrogens is 1. The largest absolute Gasteiger partial charge is 0.189 e. The van der Waals surface area contributed by atoms with E-state index in [1.165, 1.54) is 0 Å². The molecule has 0 aliphatic rings. The number of benzene rings is 2. The second kappa shape index (κ2) is 4.65. The Morgan fingerprint density at radius 2 is 1.37 bits per heavy atom. The second-order valence-corrected chi connectivity index (χ2v) is 4.59. The molecule has 0 atom stereocenters. The Kier molecular flexibility index (Phi) is 2.83. The minimum Gasteiger partial charge on any atom is -0.177 e. The van der Waals surface area contributed by atoms with Crippen LogP contribution in [0.5, 0.6) is 0 Å². The van der Waals surface area contributed by atoms with Crippen LogP contribution in [0.4, 0.5) is 0 Å². The molecule has 1 aromatic heterocycles. The van der Waals surface area contributed by atoms with Gasteiger partial charge < -0.3 is 0 Å². The van der Waals surface area contributed by atoms with E-state index in [1.54, 1.807) is 0 Å². The monoisotopic (exact) mass is 250 g/mol. The van der Waals surface area contributed by atoms with E-state index >= 15 is 0 Å². The zero-order chi connectivity index (χ0) is 13.1. The van der Waals surface area contributed by atoms with Crippen molar-refractivity contribution in [2.24, 2.45) is 0 Å². The summed E-state index contributed by atoms with van der Waals surface area (Å²) in [6, 6.07) is 20.5. The molecule has 3 rings (SSSR count). The van der Waals surface area contributed by atoms with Crippen molar-refractivity contribution in [2.75, 3.05) is 0 Å². The number of aromatic amines is 1. The van der Waals surface area contributed by atoms with Crippen molar-refractivity contribution in [1.82, 2.24) is 20.6 Å². The number of nitrogens with one attached hydrogen (secondary N) is 1. The summed E-state index contributed by atoms with van der Waals surface area (Å²) in [7, 11) is 0. The maximum absolute atomic E-state index is 4.19. The van der Waals surface area contributed by atoms with Crippen LogP contribution in [0.3, 0.4) is 0 Å². The number of nitrogens with zero attached hydrogens (tertiary/aromatic N) is 3. The summed E-state index contributed by atoms with van der Waals surface area (Å²) >= 11 is 0. The Labute approximate surface area is 111 Å². The highest BCUT2D eigenvalue weighted by atomic mass is 15.5. The molecule has 3 aromatic rings. The summed E-state index contributed by atoms with van der Waals surface area (Å²) < 4.78 is 0. The van der Waals surface area contributed by atoms with E-state index in [2.05, 4.69) is 51.8 Å². The van der Waals surface area contributed by atoms with Crippen LogP contribution in [-0.4, -0.2) is 20.6 Å². The Balaban J connectivity index is 2.23. The van der Waals surface area contributed by atoms with Gasteiger partial charge >= 0.3 is 0 Å². The van der Waals surface area contributed by atoms with Crippen LogP contribution in [0.15, 0.2) is 60.7 Å². The lowest BCUT2D eigenvalue weighted by atomic mass is 9.75. The molecule has 1 N–H and O–H groups in total. The SMILES string of the molecule is CC(c1ccccc1)(c1ccccc1)c1nn[nH]n1. The topological polar surface area (TPSA) is 54.5 Å². The summed E-state index contributed by atoms with van der Waals surface area (Å²) in [4.78, 5) is 0. The number of aromatic nitrogens is 4. The van der Waals surface area contributed by atoms with Crippen molar-refractivity contribution in [1.29, 1.82) is 0 Å². The van der Waals surface area contributed by atoms with E-state index < -0.39 is 5.41 Å². The molecule has 0 fully saturated rings. The molecule has 1 heterocycles. The molecule has 4 heteroatoms. The van der Waals surface area contributed by atoms with E-state index in [0.29, 0.717) is 5.82 Å². The van der Waals surface area contributed by atoms with Gasteiger partial charge in [0.1, 0.15) is 0 Å². The molecule has 0 bridgehead atoms. The number of hydrogen-bond acceptors (Lipinski definition) is 3. The lowest BCUT2D eigenvalue weighted by Gasteiger charge is -2.27. The van der Waals surface area contributed by atoms with Gasteiger partial charge in [-0.3, -0.25) is 0 Å². The van der Waals surface area contributed by atoms with Gasteiger partial charge in [-0.25, -0.2) is 0 Å².